The van der Waals surface area contributed by atoms with E-state index in [2.05, 4.69) is 25.7 Å². The Labute approximate surface area is 98.7 Å². The molecule has 0 atom stereocenters. The average molecular weight is 296 g/mol. The molecular formula is C9H8BrF2NO3. The zero-order valence-corrected chi connectivity index (χ0v) is 10.0. The minimum atomic E-state index is -2.82. The van der Waals surface area contributed by atoms with E-state index < -0.39 is 18.0 Å². The fourth-order valence-electron chi connectivity index (χ4n) is 1.10. The van der Waals surface area contributed by atoms with Gasteiger partial charge in [-0.3, -0.25) is 0 Å². The molecule has 0 unspecified atom stereocenters. The molecule has 1 aromatic heterocycles. The third-order valence-corrected chi connectivity index (χ3v) is 2.57. The molecule has 1 aromatic rings. The smallest absolute Gasteiger partial charge is 0.339 e. The van der Waals surface area contributed by atoms with Crippen molar-refractivity contribution in [1.82, 2.24) is 4.98 Å². The molecule has 0 bridgehead atoms. The van der Waals surface area contributed by atoms with Crippen LogP contribution in [0.5, 0.6) is 5.88 Å². The van der Waals surface area contributed by atoms with Crippen molar-refractivity contribution >= 4 is 21.9 Å². The molecule has 0 amide bonds. The summed E-state index contributed by atoms with van der Waals surface area (Å²) in [5.41, 5.74) is -0.774. The van der Waals surface area contributed by atoms with Crippen LogP contribution in [0.3, 0.4) is 0 Å². The summed E-state index contributed by atoms with van der Waals surface area (Å²) in [5, 5.41) is 0. The van der Waals surface area contributed by atoms with Gasteiger partial charge in [-0.15, -0.1) is 0 Å². The summed E-state index contributed by atoms with van der Waals surface area (Å²) in [6, 6.07) is 0. The van der Waals surface area contributed by atoms with Crippen LogP contribution in [0.2, 0.25) is 0 Å². The van der Waals surface area contributed by atoms with Crippen LogP contribution in [-0.2, 0) is 4.74 Å². The van der Waals surface area contributed by atoms with Gasteiger partial charge < -0.3 is 9.47 Å². The Morgan fingerprint density at radius 2 is 2.12 bits per heavy atom. The molecule has 1 heterocycles. The lowest BCUT2D eigenvalue weighted by atomic mass is 10.1. The molecule has 0 aromatic carbocycles. The van der Waals surface area contributed by atoms with Crippen LogP contribution in [0.25, 0.3) is 0 Å². The number of esters is 1. The lowest BCUT2D eigenvalue weighted by Crippen LogP contribution is -2.09. The maximum atomic E-state index is 12.6. The van der Waals surface area contributed by atoms with Gasteiger partial charge in [-0.25, -0.2) is 18.6 Å². The van der Waals surface area contributed by atoms with Gasteiger partial charge >= 0.3 is 5.97 Å². The van der Waals surface area contributed by atoms with Crippen LogP contribution < -0.4 is 4.74 Å². The second kappa shape index (κ2) is 5.20. The van der Waals surface area contributed by atoms with Crippen LogP contribution in [-0.4, -0.2) is 25.2 Å². The lowest BCUT2D eigenvalue weighted by molar-refractivity contribution is 0.0587. The molecule has 1 rings (SSSR count). The summed E-state index contributed by atoms with van der Waals surface area (Å²) in [6.45, 7) is 0. The third kappa shape index (κ3) is 2.29. The van der Waals surface area contributed by atoms with Gasteiger partial charge in [0.2, 0.25) is 5.88 Å². The molecule has 0 radical (unpaired) electrons. The van der Waals surface area contributed by atoms with Crippen LogP contribution in [0, 0.1) is 0 Å². The number of nitrogens with zero attached hydrogens (tertiary/aromatic N) is 1. The van der Waals surface area contributed by atoms with E-state index in [1.54, 1.807) is 0 Å². The number of carbonyl (C=O) groups excluding carboxylic acids is 1. The van der Waals surface area contributed by atoms with E-state index in [9.17, 15) is 13.6 Å². The van der Waals surface area contributed by atoms with E-state index in [-0.39, 0.29) is 15.9 Å². The summed E-state index contributed by atoms with van der Waals surface area (Å²) >= 11 is 2.98. The molecule has 0 saturated heterocycles. The predicted molar refractivity (Wildman–Crippen MR) is 54.8 cm³/mol. The van der Waals surface area contributed by atoms with E-state index in [0.717, 1.165) is 13.3 Å². The van der Waals surface area contributed by atoms with Gasteiger partial charge in [-0.2, -0.15) is 0 Å². The first-order chi connectivity index (χ1) is 7.52. The van der Waals surface area contributed by atoms with Crippen molar-refractivity contribution in [3.05, 3.63) is 21.8 Å². The van der Waals surface area contributed by atoms with Gasteiger partial charge in [0.15, 0.2) is 0 Å². The van der Waals surface area contributed by atoms with E-state index in [1.165, 1.54) is 7.11 Å². The third-order valence-electron chi connectivity index (χ3n) is 1.83. The van der Waals surface area contributed by atoms with Crippen molar-refractivity contribution in [3.8, 4) is 5.88 Å². The highest BCUT2D eigenvalue weighted by atomic mass is 79.9. The van der Waals surface area contributed by atoms with Crippen LogP contribution in [0.15, 0.2) is 10.7 Å². The standard InChI is InChI=1S/C9H8BrF2NO3/c1-15-8-6(10)5(9(14)16-2)4(3-13-8)7(11)12/h3,7H,1-2H3. The van der Waals surface area contributed by atoms with Crippen molar-refractivity contribution in [2.24, 2.45) is 0 Å². The Kier molecular flexibility index (Phi) is 4.17. The Hall–Kier alpha value is -1.24. The van der Waals surface area contributed by atoms with Crippen molar-refractivity contribution in [2.75, 3.05) is 14.2 Å². The monoisotopic (exact) mass is 295 g/mol. The number of ether oxygens (including phenoxy) is 2. The highest BCUT2D eigenvalue weighted by Crippen LogP contribution is 2.33. The molecule has 0 aliphatic rings. The second-order valence-corrected chi connectivity index (χ2v) is 3.50. The first-order valence-electron chi connectivity index (χ1n) is 4.11. The molecule has 0 aliphatic heterocycles. The average Bonchev–Trinajstić information content (AvgIpc) is 2.27. The molecule has 0 saturated carbocycles. The molecule has 16 heavy (non-hydrogen) atoms. The predicted octanol–water partition coefficient (Wildman–Crippen LogP) is 2.58. The van der Waals surface area contributed by atoms with Crippen LogP contribution >= 0.6 is 15.9 Å². The molecule has 0 N–H and O–H groups in total. The normalized spacial score (nSPS) is 10.4. The fraction of sp³-hybridized carbons (Fsp3) is 0.333. The number of alkyl halides is 2. The van der Waals surface area contributed by atoms with Crippen molar-refractivity contribution in [1.29, 1.82) is 0 Å². The topological polar surface area (TPSA) is 48.4 Å². The largest absolute Gasteiger partial charge is 0.480 e. The van der Waals surface area contributed by atoms with E-state index in [0.29, 0.717) is 0 Å². The zero-order chi connectivity index (χ0) is 12.3. The Morgan fingerprint density at radius 1 is 1.50 bits per heavy atom. The van der Waals surface area contributed by atoms with Gasteiger partial charge in [0, 0.05) is 6.20 Å². The molecule has 0 spiro atoms. The number of hydrogen-bond donors (Lipinski definition) is 0. The lowest BCUT2D eigenvalue weighted by Gasteiger charge is -2.11. The van der Waals surface area contributed by atoms with E-state index >= 15 is 0 Å². The van der Waals surface area contributed by atoms with E-state index in [1.807, 2.05) is 0 Å². The number of rotatable bonds is 3. The number of aromatic nitrogens is 1. The second-order valence-electron chi connectivity index (χ2n) is 2.70. The van der Waals surface area contributed by atoms with Gasteiger partial charge in [-0.05, 0) is 15.9 Å². The quantitative estimate of drug-likeness (QED) is 0.804. The minimum absolute atomic E-state index is 0.0461. The Balaban J connectivity index is 3.42. The molecule has 4 nitrogen and oxygen atoms in total. The van der Waals surface area contributed by atoms with Gasteiger partial charge in [-0.1, -0.05) is 0 Å². The first-order valence-corrected chi connectivity index (χ1v) is 4.91. The summed E-state index contributed by atoms with van der Waals surface area (Å²) in [4.78, 5) is 15.0. The van der Waals surface area contributed by atoms with Gasteiger partial charge in [0.25, 0.3) is 6.43 Å². The number of hydrogen-bond acceptors (Lipinski definition) is 4. The van der Waals surface area contributed by atoms with Gasteiger partial charge in [0.05, 0.1) is 29.8 Å². The van der Waals surface area contributed by atoms with Crippen molar-refractivity contribution in [3.63, 3.8) is 0 Å². The maximum absolute atomic E-state index is 12.6. The minimum Gasteiger partial charge on any atom is -0.480 e. The fourth-order valence-corrected chi connectivity index (χ4v) is 1.76. The summed E-state index contributed by atoms with van der Waals surface area (Å²) in [6.07, 6.45) is -1.93. The van der Waals surface area contributed by atoms with E-state index in [4.69, 9.17) is 4.74 Å². The summed E-state index contributed by atoms with van der Waals surface area (Å²) < 4.78 is 34.5. The molecule has 0 fully saturated rings. The van der Waals surface area contributed by atoms with Gasteiger partial charge in [0.1, 0.15) is 0 Å². The first kappa shape index (κ1) is 12.8. The number of methoxy groups -OCH3 is 2. The molecule has 0 aliphatic carbocycles. The highest BCUT2D eigenvalue weighted by molar-refractivity contribution is 9.10. The van der Waals surface area contributed by atoms with Crippen molar-refractivity contribution < 1.29 is 23.0 Å². The summed E-state index contributed by atoms with van der Waals surface area (Å²) in [7, 11) is 2.42. The number of halogens is 3. The number of pyridine rings is 1. The maximum Gasteiger partial charge on any atom is 0.339 e. The zero-order valence-electron chi connectivity index (χ0n) is 8.46. The Bertz CT molecular complexity index is 412. The molecular weight excluding hydrogens is 288 g/mol. The summed E-state index contributed by atoms with van der Waals surface area (Å²) in [5.74, 6) is -0.826. The van der Waals surface area contributed by atoms with Crippen LogP contribution in [0.4, 0.5) is 8.78 Å². The van der Waals surface area contributed by atoms with Crippen LogP contribution in [0.1, 0.15) is 22.3 Å². The molecule has 88 valence electrons. The SMILES string of the molecule is COC(=O)c1c(C(F)F)cnc(OC)c1Br. The Morgan fingerprint density at radius 3 is 2.56 bits per heavy atom. The van der Waals surface area contributed by atoms with Crippen molar-refractivity contribution in [2.45, 2.75) is 6.43 Å². The highest BCUT2D eigenvalue weighted by Gasteiger charge is 2.25. The molecule has 7 heteroatoms. The number of carbonyl (C=O) groups is 1.